The van der Waals surface area contributed by atoms with Crippen LogP contribution in [0.25, 0.3) is 0 Å². The third-order valence-corrected chi connectivity index (χ3v) is 4.61. The van der Waals surface area contributed by atoms with E-state index in [1.165, 1.54) is 25.7 Å². The molecule has 1 saturated heterocycles. The van der Waals surface area contributed by atoms with Crippen LogP contribution in [0.15, 0.2) is 12.1 Å². The number of hydrogen-bond acceptors (Lipinski definition) is 5. The Bertz CT molecular complexity index is 422. The highest BCUT2D eigenvalue weighted by Gasteiger charge is 2.39. The molecule has 0 amide bonds. The van der Waals surface area contributed by atoms with Gasteiger partial charge in [0.15, 0.2) is 0 Å². The Morgan fingerprint density at radius 2 is 1.95 bits per heavy atom. The van der Waals surface area contributed by atoms with Gasteiger partial charge in [-0.05, 0) is 31.9 Å². The zero-order chi connectivity index (χ0) is 13.8. The van der Waals surface area contributed by atoms with Crippen molar-refractivity contribution in [3.05, 3.63) is 17.8 Å². The van der Waals surface area contributed by atoms with Crippen molar-refractivity contribution in [1.82, 2.24) is 15.1 Å². The van der Waals surface area contributed by atoms with E-state index in [0.29, 0.717) is 0 Å². The van der Waals surface area contributed by atoms with Gasteiger partial charge in [0, 0.05) is 25.2 Å². The molecule has 1 saturated carbocycles. The van der Waals surface area contributed by atoms with Gasteiger partial charge in [-0.2, -0.15) is 5.10 Å². The van der Waals surface area contributed by atoms with Gasteiger partial charge in [-0.15, -0.1) is 5.10 Å². The molecular weight excluding hydrogens is 252 g/mol. The summed E-state index contributed by atoms with van der Waals surface area (Å²) < 4.78 is 5.50. The molecule has 0 spiro atoms. The number of hydrogen-bond donors (Lipinski definition) is 1. The Morgan fingerprint density at radius 3 is 2.60 bits per heavy atom. The third-order valence-electron chi connectivity index (χ3n) is 4.61. The van der Waals surface area contributed by atoms with Gasteiger partial charge in [-0.25, -0.2) is 0 Å². The summed E-state index contributed by atoms with van der Waals surface area (Å²) in [6.45, 7) is 6.77. The zero-order valence-electron chi connectivity index (χ0n) is 12.3. The summed E-state index contributed by atoms with van der Waals surface area (Å²) in [5, 5.41) is 11.8. The van der Waals surface area contributed by atoms with Crippen LogP contribution in [0.1, 0.15) is 31.4 Å². The molecule has 1 aliphatic heterocycles. The predicted octanol–water partition coefficient (Wildman–Crippen LogP) is 1.84. The van der Waals surface area contributed by atoms with E-state index in [4.69, 9.17) is 4.74 Å². The predicted molar refractivity (Wildman–Crippen MR) is 78.8 cm³/mol. The SMILES string of the molecule is Cc1ccc(NCC2(N3CCOCC3)CCCC2)nn1. The second kappa shape index (κ2) is 6.06. The van der Waals surface area contributed by atoms with E-state index < -0.39 is 0 Å². The first kappa shape index (κ1) is 13.8. The number of anilines is 1. The molecule has 5 heteroatoms. The van der Waals surface area contributed by atoms with Gasteiger partial charge in [-0.3, -0.25) is 4.90 Å². The maximum atomic E-state index is 5.50. The summed E-state index contributed by atoms with van der Waals surface area (Å²) in [5.41, 5.74) is 1.25. The number of nitrogens with one attached hydrogen (secondary N) is 1. The molecule has 0 bridgehead atoms. The van der Waals surface area contributed by atoms with Crippen molar-refractivity contribution < 1.29 is 4.74 Å². The Labute approximate surface area is 120 Å². The molecule has 0 unspecified atom stereocenters. The van der Waals surface area contributed by atoms with Crippen LogP contribution in [0.2, 0.25) is 0 Å². The first-order valence-corrected chi connectivity index (χ1v) is 7.66. The normalized spacial score (nSPS) is 22.9. The maximum Gasteiger partial charge on any atom is 0.148 e. The summed E-state index contributed by atoms with van der Waals surface area (Å²) in [6.07, 6.45) is 5.22. The monoisotopic (exact) mass is 276 g/mol. The molecule has 2 aliphatic rings. The highest BCUT2D eigenvalue weighted by molar-refractivity contribution is 5.33. The Balaban J connectivity index is 1.66. The lowest BCUT2D eigenvalue weighted by atomic mass is 9.94. The molecule has 20 heavy (non-hydrogen) atoms. The molecule has 0 atom stereocenters. The largest absolute Gasteiger partial charge is 0.379 e. The minimum atomic E-state index is 0.288. The van der Waals surface area contributed by atoms with E-state index in [-0.39, 0.29) is 5.54 Å². The fourth-order valence-corrected chi connectivity index (χ4v) is 3.42. The standard InChI is InChI=1S/C15H24N4O/c1-13-4-5-14(18-17-13)16-12-15(6-2-3-7-15)19-8-10-20-11-9-19/h4-5H,2-3,6-12H2,1H3,(H,16,18). The molecule has 1 N–H and O–H groups in total. The molecule has 3 rings (SSSR count). The molecular formula is C15H24N4O. The average Bonchev–Trinajstić information content (AvgIpc) is 2.98. The molecule has 2 fully saturated rings. The highest BCUT2D eigenvalue weighted by Crippen LogP contribution is 2.35. The highest BCUT2D eigenvalue weighted by atomic mass is 16.5. The van der Waals surface area contributed by atoms with Crippen LogP contribution in [-0.4, -0.2) is 53.5 Å². The molecule has 1 aliphatic carbocycles. The Hall–Kier alpha value is -1.20. The van der Waals surface area contributed by atoms with Gasteiger partial charge in [0.1, 0.15) is 5.82 Å². The number of morpholine rings is 1. The smallest absolute Gasteiger partial charge is 0.148 e. The van der Waals surface area contributed by atoms with Crippen LogP contribution < -0.4 is 5.32 Å². The number of aryl methyl sites for hydroxylation is 1. The molecule has 5 nitrogen and oxygen atoms in total. The zero-order valence-corrected chi connectivity index (χ0v) is 12.3. The quantitative estimate of drug-likeness (QED) is 0.909. The van der Waals surface area contributed by atoms with Gasteiger partial charge in [0.2, 0.25) is 0 Å². The van der Waals surface area contributed by atoms with E-state index in [1.54, 1.807) is 0 Å². The lowest BCUT2D eigenvalue weighted by molar-refractivity contribution is -0.0160. The van der Waals surface area contributed by atoms with E-state index in [0.717, 1.165) is 44.4 Å². The Morgan fingerprint density at radius 1 is 1.20 bits per heavy atom. The number of aromatic nitrogens is 2. The van der Waals surface area contributed by atoms with Gasteiger partial charge in [0.25, 0.3) is 0 Å². The minimum Gasteiger partial charge on any atom is -0.379 e. The van der Waals surface area contributed by atoms with Crippen molar-refractivity contribution >= 4 is 5.82 Å². The molecule has 0 aromatic carbocycles. The van der Waals surface area contributed by atoms with Crippen LogP contribution in [0, 0.1) is 6.92 Å². The Kier molecular flexibility index (Phi) is 4.17. The van der Waals surface area contributed by atoms with Crippen molar-refractivity contribution in [3.63, 3.8) is 0 Å². The van der Waals surface area contributed by atoms with Crippen LogP contribution in [-0.2, 0) is 4.74 Å². The lowest BCUT2D eigenvalue weighted by Gasteiger charge is -2.43. The van der Waals surface area contributed by atoms with Crippen LogP contribution in [0.4, 0.5) is 5.82 Å². The summed E-state index contributed by atoms with van der Waals surface area (Å²) in [5.74, 6) is 0.884. The van der Waals surface area contributed by atoms with Gasteiger partial charge >= 0.3 is 0 Å². The molecule has 0 radical (unpaired) electrons. The first-order valence-electron chi connectivity index (χ1n) is 7.66. The van der Waals surface area contributed by atoms with Crippen molar-refractivity contribution in [2.45, 2.75) is 38.1 Å². The fraction of sp³-hybridized carbons (Fsp3) is 0.733. The first-order chi connectivity index (χ1) is 9.78. The van der Waals surface area contributed by atoms with Crippen molar-refractivity contribution in [2.24, 2.45) is 0 Å². The molecule has 2 heterocycles. The van der Waals surface area contributed by atoms with Crippen LogP contribution >= 0.6 is 0 Å². The lowest BCUT2D eigenvalue weighted by Crippen LogP contribution is -2.55. The van der Waals surface area contributed by atoms with E-state index in [2.05, 4.69) is 20.4 Å². The molecule has 1 aromatic heterocycles. The summed E-state index contributed by atoms with van der Waals surface area (Å²) in [6, 6.07) is 4.02. The third kappa shape index (κ3) is 2.94. The van der Waals surface area contributed by atoms with Crippen LogP contribution in [0.3, 0.4) is 0 Å². The van der Waals surface area contributed by atoms with E-state index in [9.17, 15) is 0 Å². The average molecular weight is 276 g/mol. The van der Waals surface area contributed by atoms with Crippen molar-refractivity contribution in [1.29, 1.82) is 0 Å². The maximum absolute atomic E-state index is 5.50. The van der Waals surface area contributed by atoms with Crippen LogP contribution in [0.5, 0.6) is 0 Å². The number of ether oxygens (including phenoxy) is 1. The van der Waals surface area contributed by atoms with E-state index >= 15 is 0 Å². The topological polar surface area (TPSA) is 50.3 Å². The minimum absolute atomic E-state index is 0.288. The van der Waals surface area contributed by atoms with E-state index in [1.807, 2.05) is 19.1 Å². The van der Waals surface area contributed by atoms with Gasteiger partial charge < -0.3 is 10.1 Å². The van der Waals surface area contributed by atoms with Gasteiger partial charge in [-0.1, -0.05) is 12.8 Å². The summed E-state index contributed by atoms with van der Waals surface area (Å²) >= 11 is 0. The fourth-order valence-electron chi connectivity index (χ4n) is 3.42. The van der Waals surface area contributed by atoms with Gasteiger partial charge in [0.05, 0.1) is 18.9 Å². The molecule has 1 aromatic rings. The summed E-state index contributed by atoms with van der Waals surface area (Å²) in [7, 11) is 0. The van der Waals surface area contributed by atoms with Crippen molar-refractivity contribution in [2.75, 3.05) is 38.2 Å². The van der Waals surface area contributed by atoms with Crippen molar-refractivity contribution in [3.8, 4) is 0 Å². The summed E-state index contributed by atoms with van der Waals surface area (Å²) in [4.78, 5) is 2.62. The molecule has 110 valence electrons. The second-order valence-electron chi connectivity index (χ2n) is 5.94. The number of rotatable bonds is 4. The second-order valence-corrected chi connectivity index (χ2v) is 5.94. The number of nitrogens with zero attached hydrogens (tertiary/aromatic N) is 3.